The van der Waals surface area contributed by atoms with Crippen molar-refractivity contribution in [1.29, 1.82) is 0 Å². The maximum atomic E-state index is 12.0. The third-order valence-corrected chi connectivity index (χ3v) is 4.35. The topological polar surface area (TPSA) is 37.4 Å². The minimum Gasteiger partial charge on any atom is -0.266 e. The van der Waals surface area contributed by atoms with E-state index in [1.165, 1.54) is 10.6 Å². The highest BCUT2D eigenvalue weighted by molar-refractivity contribution is 7.92. The average molecular weight is 310 g/mol. The van der Waals surface area contributed by atoms with E-state index in [1.807, 2.05) is 31.2 Å². The molecule has 0 amide bonds. The second-order valence-electron chi connectivity index (χ2n) is 4.73. The Kier molecular flexibility index (Phi) is 4.35. The molecule has 0 aliphatic carbocycles. The van der Waals surface area contributed by atoms with E-state index in [2.05, 4.69) is 0 Å². The summed E-state index contributed by atoms with van der Waals surface area (Å²) in [6.45, 7) is 2.30. The normalized spacial score (nSPS) is 11.3. The maximum absolute atomic E-state index is 12.0. The molecular formula is C15H16ClNO2S. The predicted molar refractivity (Wildman–Crippen MR) is 83.7 cm³/mol. The molecular weight excluding hydrogens is 294 g/mol. The molecule has 0 fully saturated rings. The molecule has 0 N–H and O–H groups in total. The fraction of sp³-hybridized carbons (Fsp3) is 0.200. The summed E-state index contributed by atoms with van der Waals surface area (Å²) in [6, 6.07) is 14.6. The highest BCUT2D eigenvalue weighted by atomic mass is 35.5. The van der Waals surface area contributed by atoms with Crippen LogP contribution < -0.4 is 4.31 Å². The fourth-order valence-electron chi connectivity index (χ4n) is 1.87. The van der Waals surface area contributed by atoms with Gasteiger partial charge >= 0.3 is 0 Å². The lowest BCUT2D eigenvalue weighted by molar-refractivity contribution is 0.596. The van der Waals surface area contributed by atoms with Gasteiger partial charge in [0.25, 0.3) is 0 Å². The van der Waals surface area contributed by atoms with Crippen LogP contribution in [0.25, 0.3) is 0 Å². The first kappa shape index (κ1) is 14.9. The van der Waals surface area contributed by atoms with Gasteiger partial charge < -0.3 is 0 Å². The highest BCUT2D eigenvalue weighted by Crippen LogP contribution is 2.22. The van der Waals surface area contributed by atoms with Gasteiger partial charge in [0.05, 0.1) is 18.5 Å². The molecule has 2 aromatic rings. The molecule has 3 nitrogen and oxygen atoms in total. The van der Waals surface area contributed by atoms with Gasteiger partial charge in [0, 0.05) is 5.02 Å². The third-order valence-electron chi connectivity index (χ3n) is 2.96. The Labute approximate surface area is 124 Å². The van der Waals surface area contributed by atoms with Crippen molar-refractivity contribution in [2.75, 3.05) is 10.6 Å². The molecule has 0 saturated heterocycles. The van der Waals surface area contributed by atoms with E-state index < -0.39 is 10.0 Å². The van der Waals surface area contributed by atoms with Crippen molar-refractivity contribution >= 4 is 27.3 Å². The van der Waals surface area contributed by atoms with Gasteiger partial charge in [-0.1, -0.05) is 41.4 Å². The van der Waals surface area contributed by atoms with Crippen molar-refractivity contribution in [3.05, 3.63) is 64.7 Å². The zero-order valence-corrected chi connectivity index (χ0v) is 12.9. The molecule has 20 heavy (non-hydrogen) atoms. The number of aryl methyl sites for hydroxylation is 1. The second kappa shape index (κ2) is 5.85. The SMILES string of the molecule is Cc1ccc(CN(c2ccc(Cl)cc2)S(C)(=O)=O)cc1. The van der Waals surface area contributed by atoms with Gasteiger partial charge in [0.15, 0.2) is 0 Å². The van der Waals surface area contributed by atoms with Crippen molar-refractivity contribution in [2.45, 2.75) is 13.5 Å². The molecule has 0 saturated carbocycles. The van der Waals surface area contributed by atoms with E-state index in [4.69, 9.17) is 11.6 Å². The molecule has 0 aromatic heterocycles. The Balaban J connectivity index is 2.34. The quantitative estimate of drug-likeness (QED) is 0.865. The summed E-state index contributed by atoms with van der Waals surface area (Å²) >= 11 is 5.84. The van der Waals surface area contributed by atoms with E-state index in [1.54, 1.807) is 24.3 Å². The lowest BCUT2D eigenvalue weighted by Crippen LogP contribution is -2.29. The molecule has 0 heterocycles. The third kappa shape index (κ3) is 3.74. The lowest BCUT2D eigenvalue weighted by Gasteiger charge is -2.22. The van der Waals surface area contributed by atoms with Gasteiger partial charge in [-0.15, -0.1) is 0 Å². The number of anilines is 1. The van der Waals surface area contributed by atoms with Crippen LogP contribution in [0.1, 0.15) is 11.1 Å². The molecule has 5 heteroatoms. The average Bonchev–Trinajstić information content (AvgIpc) is 2.38. The lowest BCUT2D eigenvalue weighted by atomic mass is 10.1. The first-order valence-electron chi connectivity index (χ1n) is 6.15. The molecule has 0 atom stereocenters. The van der Waals surface area contributed by atoms with Crippen molar-refractivity contribution in [2.24, 2.45) is 0 Å². The van der Waals surface area contributed by atoms with Gasteiger partial charge in [-0.2, -0.15) is 0 Å². The minimum atomic E-state index is -3.35. The van der Waals surface area contributed by atoms with Crippen LogP contribution in [0.2, 0.25) is 5.02 Å². The molecule has 106 valence electrons. The number of rotatable bonds is 4. The highest BCUT2D eigenvalue weighted by Gasteiger charge is 2.17. The summed E-state index contributed by atoms with van der Waals surface area (Å²) in [5.74, 6) is 0. The Hall–Kier alpha value is -1.52. The van der Waals surface area contributed by atoms with Crippen molar-refractivity contribution in [3.63, 3.8) is 0 Å². The van der Waals surface area contributed by atoms with Gasteiger partial charge in [0.1, 0.15) is 0 Å². The van der Waals surface area contributed by atoms with E-state index >= 15 is 0 Å². The zero-order chi connectivity index (χ0) is 14.8. The molecule has 0 bridgehead atoms. The number of benzene rings is 2. The summed E-state index contributed by atoms with van der Waals surface area (Å²) in [6.07, 6.45) is 1.20. The molecule has 0 aliphatic heterocycles. The van der Waals surface area contributed by atoms with E-state index in [0.717, 1.165) is 11.1 Å². The Morgan fingerprint density at radius 1 is 1.00 bits per heavy atom. The summed E-state index contributed by atoms with van der Waals surface area (Å²) < 4.78 is 25.3. The fourth-order valence-corrected chi connectivity index (χ4v) is 2.88. The van der Waals surface area contributed by atoms with Gasteiger partial charge in [-0.3, -0.25) is 4.31 Å². The molecule has 2 rings (SSSR count). The number of halogens is 1. The van der Waals surface area contributed by atoms with Crippen LogP contribution in [-0.2, 0) is 16.6 Å². The molecule has 0 spiro atoms. The van der Waals surface area contributed by atoms with Crippen molar-refractivity contribution in [3.8, 4) is 0 Å². The van der Waals surface area contributed by atoms with Crippen LogP contribution in [-0.4, -0.2) is 14.7 Å². The number of hydrogen-bond acceptors (Lipinski definition) is 2. The predicted octanol–water partition coefficient (Wildman–Crippen LogP) is 3.61. The summed E-state index contributed by atoms with van der Waals surface area (Å²) in [7, 11) is -3.35. The molecule has 2 aromatic carbocycles. The number of sulfonamides is 1. The van der Waals surface area contributed by atoms with Crippen molar-refractivity contribution in [1.82, 2.24) is 0 Å². The van der Waals surface area contributed by atoms with Gasteiger partial charge in [-0.05, 0) is 36.8 Å². The smallest absolute Gasteiger partial charge is 0.232 e. The molecule has 0 radical (unpaired) electrons. The summed E-state index contributed by atoms with van der Waals surface area (Å²) in [5.41, 5.74) is 2.69. The first-order valence-corrected chi connectivity index (χ1v) is 8.38. The van der Waals surface area contributed by atoms with E-state index in [-0.39, 0.29) is 0 Å². The Morgan fingerprint density at radius 3 is 2.05 bits per heavy atom. The number of hydrogen-bond donors (Lipinski definition) is 0. The van der Waals surface area contributed by atoms with Crippen LogP contribution in [0.15, 0.2) is 48.5 Å². The largest absolute Gasteiger partial charge is 0.266 e. The minimum absolute atomic E-state index is 0.306. The monoisotopic (exact) mass is 309 g/mol. The van der Waals surface area contributed by atoms with Crippen LogP contribution in [0.4, 0.5) is 5.69 Å². The van der Waals surface area contributed by atoms with Gasteiger partial charge in [0.2, 0.25) is 10.0 Å². The molecule has 0 aliphatic rings. The number of nitrogens with zero attached hydrogens (tertiary/aromatic N) is 1. The second-order valence-corrected chi connectivity index (χ2v) is 7.07. The summed E-state index contributed by atoms with van der Waals surface area (Å²) in [4.78, 5) is 0. The van der Waals surface area contributed by atoms with Crippen LogP contribution in [0, 0.1) is 6.92 Å². The zero-order valence-electron chi connectivity index (χ0n) is 11.4. The first-order chi connectivity index (χ1) is 9.36. The summed E-state index contributed by atoms with van der Waals surface area (Å²) in [5, 5.41) is 0.581. The van der Waals surface area contributed by atoms with E-state index in [9.17, 15) is 8.42 Å². The van der Waals surface area contributed by atoms with Crippen LogP contribution in [0.3, 0.4) is 0 Å². The molecule has 0 unspecified atom stereocenters. The Bertz CT molecular complexity index is 679. The van der Waals surface area contributed by atoms with Crippen molar-refractivity contribution < 1.29 is 8.42 Å². The maximum Gasteiger partial charge on any atom is 0.232 e. The van der Waals surface area contributed by atoms with E-state index in [0.29, 0.717) is 17.3 Å². The van der Waals surface area contributed by atoms with Gasteiger partial charge in [-0.25, -0.2) is 8.42 Å². The van der Waals surface area contributed by atoms with Crippen LogP contribution >= 0.6 is 11.6 Å². The standard InChI is InChI=1S/C15H16ClNO2S/c1-12-3-5-13(6-4-12)11-17(20(2,18)19)15-9-7-14(16)8-10-15/h3-10H,11H2,1-2H3. The Morgan fingerprint density at radius 2 is 1.55 bits per heavy atom. The van der Waals surface area contributed by atoms with Crippen LogP contribution in [0.5, 0.6) is 0 Å².